The summed E-state index contributed by atoms with van der Waals surface area (Å²) in [6.45, 7) is 6.44. The summed E-state index contributed by atoms with van der Waals surface area (Å²) in [6, 6.07) is 1.84. The van der Waals surface area contributed by atoms with Crippen molar-refractivity contribution in [2.75, 3.05) is 13.1 Å². The standard InChI is InChI=1S/C15H20N4O3/c1-10(2)19-8-13(16-17-19)15(21)5-6-18(9-15)14(20)12-4-7-22-11(12)3/h4,7-8,10,21H,5-6,9H2,1-3H3. The van der Waals surface area contributed by atoms with E-state index in [0.29, 0.717) is 30.0 Å². The van der Waals surface area contributed by atoms with Crippen LogP contribution in [0.3, 0.4) is 0 Å². The van der Waals surface area contributed by atoms with Gasteiger partial charge in [-0.1, -0.05) is 5.21 Å². The lowest BCUT2D eigenvalue weighted by Gasteiger charge is -2.21. The van der Waals surface area contributed by atoms with Crippen LogP contribution in [-0.2, 0) is 5.60 Å². The molecule has 0 spiro atoms. The van der Waals surface area contributed by atoms with Crippen LogP contribution in [0.1, 0.15) is 48.1 Å². The second kappa shape index (κ2) is 5.24. The number of hydrogen-bond donors (Lipinski definition) is 1. The van der Waals surface area contributed by atoms with Gasteiger partial charge in [-0.3, -0.25) is 4.79 Å². The zero-order chi connectivity index (χ0) is 15.9. The summed E-state index contributed by atoms with van der Waals surface area (Å²) in [5, 5.41) is 18.9. The van der Waals surface area contributed by atoms with Crippen LogP contribution in [0.15, 0.2) is 22.9 Å². The molecule has 2 aromatic rings. The fraction of sp³-hybridized carbons (Fsp3) is 0.533. The van der Waals surface area contributed by atoms with Crippen LogP contribution in [0.25, 0.3) is 0 Å². The van der Waals surface area contributed by atoms with E-state index >= 15 is 0 Å². The van der Waals surface area contributed by atoms with Crippen LogP contribution in [0, 0.1) is 6.92 Å². The lowest BCUT2D eigenvalue weighted by Crippen LogP contribution is -2.34. The Bertz CT molecular complexity index is 691. The third kappa shape index (κ3) is 2.41. The van der Waals surface area contributed by atoms with E-state index in [1.807, 2.05) is 13.8 Å². The first-order valence-electron chi connectivity index (χ1n) is 7.39. The van der Waals surface area contributed by atoms with Crippen LogP contribution < -0.4 is 0 Å². The lowest BCUT2D eigenvalue weighted by atomic mass is 10.00. The topological polar surface area (TPSA) is 84.4 Å². The van der Waals surface area contributed by atoms with Crippen molar-refractivity contribution < 1.29 is 14.3 Å². The van der Waals surface area contributed by atoms with Gasteiger partial charge in [0, 0.05) is 19.0 Å². The SMILES string of the molecule is Cc1occc1C(=O)N1CCC(O)(c2cn(C(C)C)nn2)C1. The Labute approximate surface area is 128 Å². The van der Waals surface area contributed by atoms with Crippen LogP contribution in [0.2, 0.25) is 0 Å². The Morgan fingerprint density at radius 2 is 2.27 bits per heavy atom. The van der Waals surface area contributed by atoms with Gasteiger partial charge in [-0.15, -0.1) is 5.10 Å². The molecule has 2 aromatic heterocycles. The van der Waals surface area contributed by atoms with Crippen molar-refractivity contribution in [3.8, 4) is 0 Å². The number of rotatable bonds is 3. The molecule has 0 bridgehead atoms. The third-order valence-electron chi connectivity index (χ3n) is 4.14. The van der Waals surface area contributed by atoms with Crippen LogP contribution in [-0.4, -0.2) is 44.0 Å². The molecule has 0 aliphatic carbocycles. The normalized spacial score (nSPS) is 21.8. The van der Waals surface area contributed by atoms with Gasteiger partial charge in [-0.25, -0.2) is 4.68 Å². The first kappa shape index (κ1) is 14.8. The second-order valence-corrected chi connectivity index (χ2v) is 6.08. The summed E-state index contributed by atoms with van der Waals surface area (Å²) < 4.78 is 6.88. The van der Waals surface area contributed by atoms with Crippen molar-refractivity contribution >= 4 is 5.91 Å². The molecule has 7 heteroatoms. The van der Waals surface area contributed by atoms with Gasteiger partial charge in [0.15, 0.2) is 0 Å². The number of furan rings is 1. The average molecular weight is 304 g/mol. The van der Waals surface area contributed by atoms with Gasteiger partial charge in [0.05, 0.1) is 24.6 Å². The number of carbonyl (C=O) groups is 1. The number of aromatic nitrogens is 3. The number of aliphatic hydroxyl groups is 1. The Balaban J connectivity index is 1.78. The molecule has 1 saturated heterocycles. The fourth-order valence-electron chi connectivity index (χ4n) is 2.70. The Hall–Kier alpha value is -2.15. The number of nitrogens with zero attached hydrogens (tertiary/aromatic N) is 4. The van der Waals surface area contributed by atoms with Crippen molar-refractivity contribution in [2.24, 2.45) is 0 Å². The number of aryl methyl sites for hydroxylation is 1. The van der Waals surface area contributed by atoms with Crippen molar-refractivity contribution in [1.29, 1.82) is 0 Å². The predicted molar refractivity (Wildman–Crippen MR) is 78.3 cm³/mol. The minimum Gasteiger partial charge on any atom is -0.469 e. The smallest absolute Gasteiger partial charge is 0.257 e. The van der Waals surface area contributed by atoms with Gasteiger partial charge >= 0.3 is 0 Å². The maximum atomic E-state index is 12.5. The summed E-state index contributed by atoms with van der Waals surface area (Å²) >= 11 is 0. The van der Waals surface area contributed by atoms with Gasteiger partial charge in [-0.05, 0) is 26.8 Å². The van der Waals surface area contributed by atoms with E-state index < -0.39 is 5.60 Å². The number of hydrogen-bond acceptors (Lipinski definition) is 5. The lowest BCUT2D eigenvalue weighted by molar-refractivity contribution is 0.0381. The second-order valence-electron chi connectivity index (χ2n) is 6.08. The summed E-state index contributed by atoms with van der Waals surface area (Å²) in [5.74, 6) is 0.463. The highest BCUT2D eigenvalue weighted by Crippen LogP contribution is 2.32. The number of β-amino-alcohol motifs (C(OH)–C–C–N with tert-alkyl or cyclic N) is 1. The highest BCUT2D eigenvalue weighted by Gasteiger charge is 2.42. The molecule has 7 nitrogen and oxygen atoms in total. The van der Waals surface area contributed by atoms with Gasteiger partial charge in [0.1, 0.15) is 17.1 Å². The number of amides is 1. The third-order valence-corrected chi connectivity index (χ3v) is 4.14. The molecule has 0 radical (unpaired) electrons. The molecule has 0 aromatic carbocycles. The quantitative estimate of drug-likeness (QED) is 0.928. The highest BCUT2D eigenvalue weighted by molar-refractivity contribution is 5.95. The van der Waals surface area contributed by atoms with Crippen LogP contribution in [0.5, 0.6) is 0 Å². The van der Waals surface area contributed by atoms with Gasteiger partial charge in [0.25, 0.3) is 5.91 Å². The average Bonchev–Trinajstić information content (AvgIpc) is 3.17. The molecule has 0 saturated carbocycles. The molecule has 1 fully saturated rings. The van der Waals surface area contributed by atoms with Crippen molar-refractivity contribution in [3.63, 3.8) is 0 Å². The summed E-state index contributed by atoms with van der Waals surface area (Å²) in [4.78, 5) is 14.1. The minimum atomic E-state index is -1.14. The number of likely N-dealkylation sites (tertiary alicyclic amines) is 1. The van der Waals surface area contributed by atoms with Crippen molar-refractivity contribution in [2.45, 2.75) is 38.8 Å². The first-order valence-corrected chi connectivity index (χ1v) is 7.39. The zero-order valence-corrected chi connectivity index (χ0v) is 13.0. The van der Waals surface area contributed by atoms with Crippen LogP contribution in [0.4, 0.5) is 0 Å². The molecule has 3 rings (SSSR count). The molecule has 1 aliphatic heterocycles. The Kier molecular flexibility index (Phi) is 3.52. The molecular formula is C15H20N4O3. The van der Waals surface area contributed by atoms with Crippen molar-refractivity contribution in [3.05, 3.63) is 35.5 Å². The largest absolute Gasteiger partial charge is 0.469 e. The van der Waals surface area contributed by atoms with E-state index in [4.69, 9.17) is 4.42 Å². The summed E-state index contributed by atoms with van der Waals surface area (Å²) in [6.07, 6.45) is 3.70. The molecule has 1 atom stereocenters. The summed E-state index contributed by atoms with van der Waals surface area (Å²) in [5.41, 5.74) is -0.0871. The molecule has 1 amide bonds. The fourth-order valence-corrected chi connectivity index (χ4v) is 2.70. The molecular weight excluding hydrogens is 284 g/mol. The maximum absolute atomic E-state index is 12.5. The van der Waals surface area contributed by atoms with Gasteiger partial charge in [0.2, 0.25) is 0 Å². The maximum Gasteiger partial charge on any atom is 0.257 e. The van der Waals surface area contributed by atoms with Gasteiger partial charge in [-0.2, -0.15) is 0 Å². The van der Waals surface area contributed by atoms with Gasteiger partial charge < -0.3 is 14.4 Å². The summed E-state index contributed by atoms with van der Waals surface area (Å²) in [7, 11) is 0. The molecule has 3 heterocycles. The molecule has 1 unspecified atom stereocenters. The van der Waals surface area contributed by atoms with E-state index in [1.165, 1.54) is 6.26 Å². The van der Waals surface area contributed by atoms with E-state index in [9.17, 15) is 9.90 Å². The van der Waals surface area contributed by atoms with E-state index in [1.54, 1.807) is 28.8 Å². The zero-order valence-electron chi connectivity index (χ0n) is 13.0. The van der Waals surface area contributed by atoms with E-state index in [2.05, 4.69) is 10.3 Å². The van der Waals surface area contributed by atoms with Crippen molar-refractivity contribution in [1.82, 2.24) is 19.9 Å². The molecule has 118 valence electrons. The van der Waals surface area contributed by atoms with E-state index in [0.717, 1.165) is 0 Å². The molecule has 22 heavy (non-hydrogen) atoms. The van der Waals surface area contributed by atoms with E-state index in [-0.39, 0.29) is 18.5 Å². The predicted octanol–water partition coefficient (Wildman–Crippen LogP) is 1.49. The monoisotopic (exact) mass is 304 g/mol. The first-order chi connectivity index (χ1) is 10.4. The van der Waals surface area contributed by atoms with Crippen LogP contribution >= 0.6 is 0 Å². The molecule has 1 N–H and O–H groups in total. The Morgan fingerprint density at radius 1 is 1.50 bits per heavy atom. The minimum absolute atomic E-state index is 0.126. The highest BCUT2D eigenvalue weighted by atomic mass is 16.3. The molecule has 1 aliphatic rings. The Morgan fingerprint density at radius 3 is 2.86 bits per heavy atom. The number of carbonyl (C=O) groups excluding carboxylic acids is 1.